The van der Waals surface area contributed by atoms with E-state index in [4.69, 9.17) is 10.8 Å². The number of aromatic nitrogens is 2. The van der Waals surface area contributed by atoms with Crippen molar-refractivity contribution in [3.63, 3.8) is 0 Å². The van der Waals surface area contributed by atoms with E-state index in [1.165, 1.54) is 0 Å². The number of nitrogens with one attached hydrogen (secondary N) is 1. The van der Waals surface area contributed by atoms with Gasteiger partial charge in [0.15, 0.2) is 0 Å². The van der Waals surface area contributed by atoms with Gasteiger partial charge in [0.05, 0.1) is 23.7 Å². The average Bonchev–Trinajstić information content (AvgIpc) is 2.70. The molecule has 1 aromatic carbocycles. The molecule has 4 N–H and O–H groups in total. The van der Waals surface area contributed by atoms with Crippen molar-refractivity contribution < 1.29 is 5.11 Å². The third-order valence-electron chi connectivity index (χ3n) is 2.84. The fourth-order valence-electron chi connectivity index (χ4n) is 1.72. The standard InChI is InChI=1S/C13H19N3O/c1-13(2,3)12-15-10-5-4-8(9(14)7-17)6-11(10)16-12/h4-6,9,17H,7,14H2,1-3H3,(H,15,16). The molecular formula is C13H19N3O. The van der Waals surface area contributed by atoms with Gasteiger partial charge >= 0.3 is 0 Å². The molecule has 4 heteroatoms. The molecule has 1 aromatic heterocycles. The Kier molecular flexibility index (Phi) is 2.93. The Hall–Kier alpha value is -1.39. The molecule has 1 unspecified atom stereocenters. The van der Waals surface area contributed by atoms with Crippen molar-refractivity contribution in [1.82, 2.24) is 9.97 Å². The van der Waals surface area contributed by atoms with Gasteiger partial charge in [-0.1, -0.05) is 26.8 Å². The molecule has 0 fully saturated rings. The van der Waals surface area contributed by atoms with E-state index in [9.17, 15) is 0 Å². The van der Waals surface area contributed by atoms with E-state index >= 15 is 0 Å². The van der Waals surface area contributed by atoms with Crippen LogP contribution >= 0.6 is 0 Å². The summed E-state index contributed by atoms with van der Waals surface area (Å²) in [7, 11) is 0. The average molecular weight is 233 g/mol. The summed E-state index contributed by atoms with van der Waals surface area (Å²) in [5.41, 5.74) is 8.62. The zero-order valence-corrected chi connectivity index (χ0v) is 10.5. The van der Waals surface area contributed by atoms with Crippen LogP contribution in [0.15, 0.2) is 18.2 Å². The largest absolute Gasteiger partial charge is 0.394 e. The Morgan fingerprint density at radius 2 is 2.12 bits per heavy atom. The molecule has 0 amide bonds. The molecule has 0 saturated heterocycles. The zero-order valence-electron chi connectivity index (χ0n) is 10.5. The Bertz CT molecular complexity index is 525. The molecule has 0 bridgehead atoms. The quantitative estimate of drug-likeness (QED) is 0.741. The lowest BCUT2D eigenvalue weighted by atomic mass is 9.96. The number of nitrogens with two attached hydrogens (primary N) is 1. The van der Waals surface area contributed by atoms with Crippen LogP contribution in [-0.4, -0.2) is 21.7 Å². The monoisotopic (exact) mass is 233 g/mol. The Morgan fingerprint density at radius 1 is 1.41 bits per heavy atom. The molecule has 92 valence electrons. The Morgan fingerprint density at radius 3 is 2.71 bits per heavy atom. The summed E-state index contributed by atoms with van der Waals surface area (Å²) >= 11 is 0. The van der Waals surface area contributed by atoms with Crippen LogP contribution in [-0.2, 0) is 5.41 Å². The number of rotatable bonds is 2. The van der Waals surface area contributed by atoms with Crippen molar-refractivity contribution in [2.75, 3.05) is 6.61 Å². The lowest BCUT2D eigenvalue weighted by Crippen LogP contribution is -2.14. The molecule has 17 heavy (non-hydrogen) atoms. The summed E-state index contributed by atoms with van der Waals surface area (Å²) < 4.78 is 0. The molecule has 2 rings (SSSR count). The lowest BCUT2D eigenvalue weighted by molar-refractivity contribution is 0.268. The van der Waals surface area contributed by atoms with Gasteiger partial charge in [-0.3, -0.25) is 0 Å². The summed E-state index contributed by atoms with van der Waals surface area (Å²) in [6.07, 6.45) is 0. The van der Waals surface area contributed by atoms with Gasteiger partial charge in [-0.2, -0.15) is 0 Å². The summed E-state index contributed by atoms with van der Waals surface area (Å²) in [4.78, 5) is 7.86. The summed E-state index contributed by atoms with van der Waals surface area (Å²) in [5, 5.41) is 9.04. The minimum absolute atomic E-state index is 0.00171. The SMILES string of the molecule is CC(C)(C)c1nc2ccc(C(N)CO)cc2[nH]1. The van der Waals surface area contributed by atoms with Gasteiger partial charge in [0.1, 0.15) is 5.82 Å². The number of aliphatic hydroxyl groups excluding tert-OH is 1. The highest BCUT2D eigenvalue weighted by Crippen LogP contribution is 2.24. The maximum atomic E-state index is 9.04. The van der Waals surface area contributed by atoms with Gasteiger partial charge in [0, 0.05) is 5.41 Å². The number of nitrogens with zero attached hydrogens (tertiary/aromatic N) is 1. The van der Waals surface area contributed by atoms with E-state index in [2.05, 4.69) is 30.7 Å². The molecule has 0 spiro atoms. The highest BCUT2D eigenvalue weighted by molar-refractivity contribution is 5.76. The maximum Gasteiger partial charge on any atom is 0.112 e. The van der Waals surface area contributed by atoms with Crippen LogP contribution in [0.1, 0.15) is 38.2 Å². The van der Waals surface area contributed by atoms with E-state index < -0.39 is 0 Å². The first kappa shape index (κ1) is 12.1. The molecule has 0 aliphatic heterocycles. The Labute approximate surface area is 101 Å². The number of imidazole rings is 1. The molecule has 0 aliphatic rings. The predicted octanol–water partition coefficient (Wildman–Crippen LogP) is 1.85. The maximum absolute atomic E-state index is 9.04. The number of benzene rings is 1. The second-order valence-electron chi connectivity index (χ2n) is 5.40. The summed E-state index contributed by atoms with van der Waals surface area (Å²) in [6, 6.07) is 5.47. The van der Waals surface area contributed by atoms with Crippen molar-refractivity contribution in [1.29, 1.82) is 0 Å². The molecule has 0 aliphatic carbocycles. The molecule has 1 heterocycles. The van der Waals surface area contributed by atoms with E-state index in [1.807, 2.05) is 18.2 Å². The van der Waals surface area contributed by atoms with Gasteiger partial charge in [0.2, 0.25) is 0 Å². The smallest absolute Gasteiger partial charge is 0.112 e. The van der Waals surface area contributed by atoms with Crippen LogP contribution in [0, 0.1) is 0 Å². The minimum atomic E-state index is -0.333. The number of aromatic amines is 1. The van der Waals surface area contributed by atoms with Crippen molar-refractivity contribution >= 4 is 11.0 Å². The highest BCUT2D eigenvalue weighted by atomic mass is 16.3. The van der Waals surface area contributed by atoms with Gasteiger partial charge in [-0.25, -0.2) is 4.98 Å². The molecule has 1 atom stereocenters. The van der Waals surface area contributed by atoms with Gasteiger partial charge in [-0.15, -0.1) is 0 Å². The second kappa shape index (κ2) is 4.13. The highest BCUT2D eigenvalue weighted by Gasteiger charge is 2.18. The first-order valence-corrected chi connectivity index (χ1v) is 5.78. The van der Waals surface area contributed by atoms with Crippen LogP contribution in [0.25, 0.3) is 11.0 Å². The van der Waals surface area contributed by atoms with Gasteiger partial charge in [-0.05, 0) is 17.7 Å². The third-order valence-corrected chi connectivity index (χ3v) is 2.84. The van der Waals surface area contributed by atoms with E-state index in [0.29, 0.717) is 0 Å². The van der Waals surface area contributed by atoms with Crippen molar-refractivity contribution in [3.05, 3.63) is 29.6 Å². The number of fused-ring (bicyclic) bond motifs is 1. The fraction of sp³-hybridized carbons (Fsp3) is 0.462. The van der Waals surface area contributed by atoms with Crippen LogP contribution in [0.3, 0.4) is 0 Å². The van der Waals surface area contributed by atoms with E-state index in [1.54, 1.807) is 0 Å². The number of hydrogen-bond acceptors (Lipinski definition) is 3. The van der Waals surface area contributed by atoms with Crippen molar-refractivity contribution in [3.8, 4) is 0 Å². The van der Waals surface area contributed by atoms with E-state index in [-0.39, 0.29) is 18.1 Å². The lowest BCUT2D eigenvalue weighted by Gasteiger charge is -2.13. The summed E-state index contributed by atoms with van der Waals surface area (Å²) in [5.74, 6) is 0.960. The summed E-state index contributed by atoms with van der Waals surface area (Å²) in [6.45, 7) is 6.30. The van der Waals surface area contributed by atoms with Crippen LogP contribution in [0.5, 0.6) is 0 Å². The number of hydrogen-bond donors (Lipinski definition) is 3. The number of aliphatic hydroxyl groups is 1. The minimum Gasteiger partial charge on any atom is -0.394 e. The molecule has 0 saturated carbocycles. The first-order chi connectivity index (χ1) is 7.91. The second-order valence-corrected chi connectivity index (χ2v) is 5.40. The topological polar surface area (TPSA) is 74.9 Å². The zero-order chi connectivity index (χ0) is 12.6. The van der Waals surface area contributed by atoms with Crippen molar-refractivity contribution in [2.45, 2.75) is 32.2 Å². The van der Waals surface area contributed by atoms with Crippen LogP contribution in [0.2, 0.25) is 0 Å². The molecule has 0 radical (unpaired) electrons. The molecule has 4 nitrogen and oxygen atoms in total. The van der Waals surface area contributed by atoms with E-state index in [0.717, 1.165) is 22.4 Å². The van der Waals surface area contributed by atoms with Crippen molar-refractivity contribution in [2.24, 2.45) is 5.73 Å². The Balaban J connectivity index is 2.48. The number of H-pyrrole nitrogens is 1. The normalized spacial score (nSPS) is 14.2. The third kappa shape index (κ3) is 2.33. The van der Waals surface area contributed by atoms with Gasteiger partial charge < -0.3 is 15.8 Å². The fourth-order valence-corrected chi connectivity index (χ4v) is 1.72. The van der Waals surface area contributed by atoms with Crippen LogP contribution < -0.4 is 5.73 Å². The first-order valence-electron chi connectivity index (χ1n) is 5.78. The van der Waals surface area contributed by atoms with Crippen LogP contribution in [0.4, 0.5) is 0 Å². The van der Waals surface area contributed by atoms with Gasteiger partial charge in [0.25, 0.3) is 0 Å². The molecule has 2 aromatic rings. The molecular weight excluding hydrogens is 214 g/mol. The predicted molar refractivity (Wildman–Crippen MR) is 68.8 cm³/mol.